The molecule has 1 N–H and O–H groups in total. The molecule has 3 atom stereocenters. The highest BCUT2D eigenvalue weighted by molar-refractivity contribution is 5.29. The topological polar surface area (TPSA) is 12.0 Å². The van der Waals surface area contributed by atoms with Gasteiger partial charge >= 0.3 is 0 Å². The van der Waals surface area contributed by atoms with E-state index in [-0.39, 0.29) is 0 Å². The van der Waals surface area contributed by atoms with E-state index in [1.165, 1.54) is 42.4 Å². The average molecular weight is 257 g/mol. The highest BCUT2D eigenvalue weighted by atomic mass is 14.9. The summed E-state index contributed by atoms with van der Waals surface area (Å²) in [6, 6.07) is 7.73. The van der Waals surface area contributed by atoms with Gasteiger partial charge in [-0.1, -0.05) is 42.7 Å². The van der Waals surface area contributed by atoms with Crippen LogP contribution < -0.4 is 5.32 Å². The van der Waals surface area contributed by atoms with Crippen LogP contribution in [-0.2, 0) is 6.42 Å². The second-order valence-electron chi connectivity index (χ2n) is 6.70. The summed E-state index contributed by atoms with van der Waals surface area (Å²) in [5, 5.41) is 3.76. The highest BCUT2D eigenvalue weighted by Gasteiger charge is 2.55. The molecule has 104 valence electrons. The van der Waals surface area contributed by atoms with Crippen molar-refractivity contribution < 1.29 is 0 Å². The molecule has 2 aliphatic carbocycles. The molecule has 0 aliphatic heterocycles. The first-order chi connectivity index (χ1) is 9.19. The Kier molecular flexibility index (Phi) is 3.66. The summed E-state index contributed by atoms with van der Waals surface area (Å²) in [5.41, 5.74) is 4.33. The molecule has 1 heteroatoms. The van der Waals surface area contributed by atoms with Crippen LogP contribution in [0, 0.1) is 31.6 Å². The van der Waals surface area contributed by atoms with E-state index >= 15 is 0 Å². The van der Waals surface area contributed by atoms with E-state index in [9.17, 15) is 0 Å². The number of likely N-dealkylation sites (N-methyl/N-ethyl adjacent to an activating group) is 1. The average Bonchev–Trinajstić information content (AvgIpc) is 2.80. The van der Waals surface area contributed by atoms with Crippen molar-refractivity contribution >= 4 is 0 Å². The fourth-order valence-corrected chi connectivity index (χ4v) is 4.52. The van der Waals surface area contributed by atoms with Crippen LogP contribution in [-0.4, -0.2) is 12.6 Å². The maximum Gasteiger partial charge on any atom is 0.0141 e. The zero-order valence-corrected chi connectivity index (χ0v) is 12.6. The van der Waals surface area contributed by atoms with Crippen molar-refractivity contribution in [2.45, 2.75) is 52.5 Å². The summed E-state index contributed by atoms with van der Waals surface area (Å²) in [6.07, 6.45) is 5.68. The number of hydrogen-bond donors (Lipinski definition) is 1. The van der Waals surface area contributed by atoms with Crippen LogP contribution in [0.25, 0.3) is 0 Å². The Balaban J connectivity index is 1.71. The van der Waals surface area contributed by atoms with Crippen molar-refractivity contribution in [3.63, 3.8) is 0 Å². The Bertz CT molecular complexity index is 421. The van der Waals surface area contributed by atoms with E-state index in [1.807, 2.05) is 0 Å². The standard InChI is InChI=1S/C18H27N/c1-4-19-17(18-15-6-5-7-16(15)18)11-14-9-12(2)8-13(3)10-14/h8-10,15-19H,4-7,11H2,1-3H3. The third-order valence-electron chi connectivity index (χ3n) is 5.14. The molecule has 0 amide bonds. The lowest BCUT2D eigenvalue weighted by molar-refractivity contribution is 0.411. The van der Waals surface area contributed by atoms with Crippen molar-refractivity contribution in [3.05, 3.63) is 34.9 Å². The second kappa shape index (κ2) is 5.28. The first kappa shape index (κ1) is 13.2. The summed E-state index contributed by atoms with van der Waals surface area (Å²) < 4.78 is 0. The molecule has 0 aromatic heterocycles. The summed E-state index contributed by atoms with van der Waals surface area (Å²) in [7, 11) is 0. The molecule has 0 radical (unpaired) electrons. The number of benzene rings is 1. The first-order valence-corrected chi connectivity index (χ1v) is 7.99. The van der Waals surface area contributed by atoms with Crippen molar-refractivity contribution in [1.29, 1.82) is 0 Å². The fourth-order valence-electron chi connectivity index (χ4n) is 4.52. The van der Waals surface area contributed by atoms with Gasteiger partial charge in [0.25, 0.3) is 0 Å². The number of rotatable bonds is 5. The van der Waals surface area contributed by atoms with Crippen LogP contribution in [0.15, 0.2) is 18.2 Å². The largest absolute Gasteiger partial charge is 0.314 e. The lowest BCUT2D eigenvalue weighted by Crippen LogP contribution is -2.34. The minimum Gasteiger partial charge on any atom is -0.314 e. The smallest absolute Gasteiger partial charge is 0.0141 e. The van der Waals surface area contributed by atoms with Crippen molar-refractivity contribution in [1.82, 2.24) is 5.32 Å². The van der Waals surface area contributed by atoms with Crippen LogP contribution in [0.5, 0.6) is 0 Å². The van der Waals surface area contributed by atoms with E-state index in [1.54, 1.807) is 0 Å². The maximum absolute atomic E-state index is 3.76. The summed E-state index contributed by atoms with van der Waals surface area (Å²) in [4.78, 5) is 0. The second-order valence-corrected chi connectivity index (χ2v) is 6.70. The monoisotopic (exact) mass is 257 g/mol. The molecule has 1 aromatic rings. The molecule has 0 spiro atoms. The molecule has 2 saturated carbocycles. The van der Waals surface area contributed by atoms with Gasteiger partial charge < -0.3 is 5.32 Å². The van der Waals surface area contributed by atoms with Gasteiger partial charge in [-0.15, -0.1) is 0 Å². The molecular formula is C18H27N. The van der Waals surface area contributed by atoms with E-state index in [0.29, 0.717) is 6.04 Å². The molecule has 3 rings (SSSR count). The molecule has 1 aromatic carbocycles. The summed E-state index contributed by atoms with van der Waals surface area (Å²) in [6.45, 7) is 7.77. The Hall–Kier alpha value is -0.820. The lowest BCUT2D eigenvalue weighted by atomic mass is 9.95. The third-order valence-corrected chi connectivity index (χ3v) is 5.14. The van der Waals surface area contributed by atoms with E-state index in [0.717, 1.165) is 24.3 Å². The van der Waals surface area contributed by atoms with Gasteiger partial charge in [0.15, 0.2) is 0 Å². The molecule has 1 nitrogen and oxygen atoms in total. The number of fused-ring (bicyclic) bond motifs is 1. The predicted octanol–water partition coefficient (Wildman–Crippen LogP) is 3.87. The van der Waals surface area contributed by atoms with Gasteiger partial charge in [0.2, 0.25) is 0 Å². The van der Waals surface area contributed by atoms with E-state index < -0.39 is 0 Å². The fraction of sp³-hybridized carbons (Fsp3) is 0.667. The quantitative estimate of drug-likeness (QED) is 0.844. The Morgan fingerprint density at radius 2 is 1.74 bits per heavy atom. The van der Waals surface area contributed by atoms with Crippen LogP contribution in [0.1, 0.15) is 42.9 Å². The minimum absolute atomic E-state index is 0.710. The molecule has 0 heterocycles. The van der Waals surface area contributed by atoms with E-state index in [4.69, 9.17) is 0 Å². The molecular weight excluding hydrogens is 230 g/mol. The van der Waals surface area contributed by atoms with Gasteiger partial charge in [0.05, 0.1) is 0 Å². The molecule has 19 heavy (non-hydrogen) atoms. The Morgan fingerprint density at radius 1 is 1.11 bits per heavy atom. The highest BCUT2D eigenvalue weighted by Crippen LogP contribution is 2.59. The molecule has 2 fully saturated rings. The summed E-state index contributed by atoms with van der Waals surface area (Å²) in [5.74, 6) is 3.07. The van der Waals surface area contributed by atoms with Gasteiger partial charge in [-0.05, 0) is 63.0 Å². The van der Waals surface area contributed by atoms with Crippen LogP contribution in [0.2, 0.25) is 0 Å². The lowest BCUT2D eigenvalue weighted by Gasteiger charge is -2.20. The maximum atomic E-state index is 3.76. The number of nitrogens with one attached hydrogen (secondary N) is 1. The Labute approximate surface area is 117 Å². The molecule has 3 unspecified atom stereocenters. The summed E-state index contributed by atoms with van der Waals surface area (Å²) >= 11 is 0. The minimum atomic E-state index is 0.710. The van der Waals surface area contributed by atoms with Crippen LogP contribution in [0.4, 0.5) is 0 Å². The van der Waals surface area contributed by atoms with Gasteiger partial charge in [-0.2, -0.15) is 0 Å². The Morgan fingerprint density at radius 3 is 2.32 bits per heavy atom. The third kappa shape index (κ3) is 2.72. The van der Waals surface area contributed by atoms with Gasteiger partial charge in [0, 0.05) is 6.04 Å². The first-order valence-electron chi connectivity index (χ1n) is 7.99. The zero-order valence-electron chi connectivity index (χ0n) is 12.6. The molecule has 0 bridgehead atoms. The van der Waals surface area contributed by atoms with Gasteiger partial charge in [-0.3, -0.25) is 0 Å². The van der Waals surface area contributed by atoms with Crippen molar-refractivity contribution in [2.75, 3.05) is 6.54 Å². The molecule has 0 saturated heterocycles. The SMILES string of the molecule is CCNC(Cc1cc(C)cc(C)c1)C1C2CCCC21. The van der Waals surface area contributed by atoms with Gasteiger partial charge in [-0.25, -0.2) is 0 Å². The van der Waals surface area contributed by atoms with E-state index in [2.05, 4.69) is 44.3 Å². The number of hydrogen-bond acceptors (Lipinski definition) is 1. The van der Waals surface area contributed by atoms with Gasteiger partial charge in [0.1, 0.15) is 0 Å². The van der Waals surface area contributed by atoms with Crippen molar-refractivity contribution in [3.8, 4) is 0 Å². The zero-order chi connectivity index (χ0) is 13.4. The van der Waals surface area contributed by atoms with Crippen molar-refractivity contribution in [2.24, 2.45) is 17.8 Å². The van der Waals surface area contributed by atoms with Crippen LogP contribution >= 0.6 is 0 Å². The van der Waals surface area contributed by atoms with Crippen LogP contribution in [0.3, 0.4) is 0 Å². The molecule has 2 aliphatic rings. The predicted molar refractivity (Wildman–Crippen MR) is 81.4 cm³/mol. The normalized spacial score (nSPS) is 30.2. The number of aryl methyl sites for hydroxylation is 2.